The Morgan fingerprint density at radius 2 is 1.76 bits per heavy atom. The first-order valence-corrected chi connectivity index (χ1v) is 7.84. The number of ether oxygens (including phenoxy) is 1. The number of benzene rings is 1. The van der Waals surface area contributed by atoms with Crippen LogP contribution in [0.5, 0.6) is 0 Å². The lowest BCUT2D eigenvalue weighted by Gasteiger charge is -2.16. The Bertz CT molecular complexity index is 628. The maximum Gasteiger partial charge on any atom is 0.311 e. The van der Waals surface area contributed by atoms with Crippen molar-refractivity contribution >= 4 is 21.5 Å². The van der Waals surface area contributed by atoms with Gasteiger partial charge in [0.1, 0.15) is 6.61 Å². The fourth-order valence-corrected chi connectivity index (χ4v) is 2.44. The highest BCUT2D eigenvalue weighted by molar-refractivity contribution is 7.91. The van der Waals surface area contributed by atoms with Crippen LogP contribution in [0.2, 0.25) is 0 Å². The minimum Gasteiger partial charge on any atom is -0.464 e. The van der Waals surface area contributed by atoms with Gasteiger partial charge in [0.05, 0.1) is 21.0 Å². The number of rotatable bonds is 5. The predicted molar refractivity (Wildman–Crippen MR) is 75.6 cm³/mol. The Kier molecular flexibility index (Phi) is 5.06. The highest BCUT2D eigenvalue weighted by atomic mass is 32.2. The fraction of sp³-hybridized carbons (Fsp3) is 0.462. The smallest absolute Gasteiger partial charge is 0.311 e. The highest BCUT2D eigenvalue weighted by Crippen LogP contribution is 2.18. The van der Waals surface area contributed by atoms with E-state index in [1.165, 1.54) is 12.1 Å². The zero-order valence-electron chi connectivity index (χ0n) is 12.0. The predicted octanol–water partition coefficient (Wildman–Crippen LogP) is 1.96. The molecule has 0 atom stereocenters. The van der Waals surface area contributed by atoms with Crippen LogP contribution in [0.25, 0.3) is 0 Å². The number of carbonyl (C=O) groups is 1. The minimum absolute atomic E-state index is 0.0418. The second-order valence-electron chi connectivity index (χ2n) is 5.46. The number of hydrogen-bond donors (Lipinski definition) is 0. The lowest BCUT2D eigenvalue weighted by molar-refractivity contribution is -0.384. The van der Waals surface area contributed by atoms with E-state index in [9.17, 15) is 23.3 Å². The Hall–Kier alpha value is -1.96. The third-order valence-electron chi connectivity index (χ3n) is 2.60. The summed E-state index contributed by atoms with van der Waals surface area (Å²) in [7, 11) is -3.64. The van der Waals surface area contributed by atoms with Crippen molar-refractivity contribution in [2.45, 2.75) is 25.7 Å². The minimum atomic E-state index is -3.64. The molecule has 0 amide bonds. The van der Waals surface area contributed by atoms with E-state index >= 15 is 0 Å². The van der Waals surface area contributed by atoms with Crippen LogP contribution in [0, 0.1) is 15.5 Å². The maximum atomic E-state index is 12.0. The molecule has 0 fully saturated rings. The molecule has 0 aliphatic carbocycles. The molecular weight excluding hydrogens is 298 g/mol. The topological polar surface area (TPSA) is 104 Å². The van der Waals surface area contributed by atoms with Gasteiger partial charge in [-0.05, 0) is 32.9 Å². The summed E-state index contributed by atoms with van der Waals surface area (Å²) in [5.74, 6) is -0.853. The molecule has 0 unspecified atom stereocenters. The summed E-state index contributed by atoms with van der Waals surface area (Å²) in [5.41, 5.74) is -0.884. The molecule has 7 nitrogen and oxygen atoms in total. The Labute approximate surface area is 123 Å². The number of hydrogen-bond acceptors (Lipinski definition) is 6. The molecule has 8 heteroatoms. The second-order valence-corrected chi connectivity index (χ2v) is 7.56. The van der Waals surface area contributed by atoms with E-state index in [1.54, 1.807) is 20.8 Å². The van der Waals surface area contributed by atoms with Gasteiger partial charge in [0.2, 0.25) is 0 Å². The highest BCUT2D eigenvalue weighted by Gasteiger charge is 2.24. The first kappa shape index (κ1) is 17.1. The first-order valence-electron chi connectivity index (χ1n) is 6.18. The molecule has 0 N–H and O–H groups in total. The number of nitrogens with zero attached hydrogens (tertiary/aromatic N) is 1. The summed E-state index contributed by atoms with van der Waals surface area (Å²) in [6, 6.07) is 4.57. The molecular formula is C13H17NO6S. The fourth-order valence-electron chi connectivity index (χ4n) is 1.35. The monoisotopic (exact) mass is 315 g/mol. The van der Waals surface area contributed by atoms with Gasteiger partial charge < -0.3 is 4.74 Å². The van der Waals surface area contributed by atoms with E-state index in [2.05, 4.69) is 0 Å². The molecule has 0 saturated heterocycles. The lowest BCUT2D eigenvalue weighted by Crippen LogP contribution is -2.25. The third-order valence-corrected chi connectivity index (χ3v) is 4.30. The molecule has 0 saturated carbocycles. The van der Waals surface area contributed by atoms with Crippen LogP contribution in [-0.2, 0) is 19.4 Å². The number of non-ortho nitro benzene ring substituents is 1. The summed E-state index contributed by atoms with van der Waals surface area (Å²) in [5, 5.41) is 10.5. The Morgan fingerprint density at radius 3 is 2.19 bits per heavy atom. The zero-order chi connectivity index (χ0) is 16.3. The van der Waals surface area contributed by atoms with Gasteiger partial charge in [-0.2, -0.15) is 0 Å². The van der Waals surface area contributed by atoms with Crippen molar-refractivity contribution in [1.82, 2.24) is 0 Å². The number of carbonyl (C=O) groups excluding carboxylic acids is 1. The van der Waals surface area contributed by atoms with E-state index in [1.807, 2.05) is 0 Å². The molecule has 0 bridgehead atoms. The van der Waals surface area contributed by atoms with Crippen molar-refractivity contribution in [3.8, 4) is 0 Å². The van der Waals surface area contributed by atoms with E-state index in [4.69, 9.17) is 4.74 Å². The summed E-state index contributed by atoms with van der Waals surface area (Å²) >= 11 is 0. The summed E-state index contributed by atoms with van der Waals surface area (Å²) < 4.78 is 28.9. The van der Waals surface area contributed by atoms with Crippen LogP contribution in [0.4, 0.5) is 5.69 Å². The van der Waals surface area contributed by atoms with Gasteiger partial charge >= 0.3 is 5.97 Å². The van der Waals surface area contributed by atoms with Crippen LogP contribution in [-0.4, -0.2) is 31.7 Å². The molecule has 1 aromatic rings. The van der Waals surface area contributed by atoms with Crippen molar-refractivity contribution in [2.24, 2.45) is 5.41 Å². The molecule has 1 aromatic carbocycles. The molecule has 0 heterocycles. The number of nitro benzene ring substituents is 1. The number of esters is 1. The average Bonchev–Trinajstić information content (AvgIpc) is 2.37. The van der Waals surface area contributed by atoms with Gasteiger partial charge in [-0.3, -0.25) is 14.9 Å². The zero-order valence-corrected chi connectivity index (χ0v) is 12.8. The second kappa shape index (κ2) is 6.21. The molecule has 0 aliphatic heterocycles. The van der Waals surface area contributed by atoms with Crippen molar-refractivity contribution in [3.63, 3.8) is 0 Å². The standard InChI is InChI=1S/C13H17NO6S/c1-13(2,3)12(15)20-8-9-21(18,19)11-6-4-10(5-7-11)14(16)17/h4-7H,8-9H2,1-3H3. The SMILES string of the molecule is CC(C)(C)C(=O)OCCS(=O)(=O)c1ccc([N+](=O)[O-])cc1. The molecule has 0 spiro atoms. The molecule has 0 aliphatic rings. The number of sulfone groups is 1. The first-order chi connectivity index (χ1) is 9.54. The van der Waals surface area contributed by atoms with Gasteiger partial charge in [-0.25, -0.2) is 8.42 Å². The van der Waals surface area contributed by atoms with Crippen LogP contribution < -0.4 is 0 Å². The van der Waals surface area contributed by atoms with Gasteiger partial charge in [0, 0.05) is 12.1 Å². The van der Waals surface area contributed by atoms with Gasteiger partial charge in [0.25, 0.3) is 5.69 Å². The lowest BCUT2D eigenvalue weighted by atomic mass is 9.97. The van der Waals surface area contributed by atoms with Crippen LogP contribution in [0.1, 0.15) is 20.8 Å². The van der Waals surface area contributed by atoms with Crippen molar-refractivity contribution in [1.29, 1.82) is 0 Å². The van der Waals surface area contributed by atoms with Crippen molar-refractivity contribution in [3.05, 3.63) is 34.4 Å². The van der Waals surface area contributed by atoms with Gasteiger partial charge in [-0.1, -0.05) is 0 Å². The van der Waals surface area contributed by atoms with Crippen LogP contribution in [0.3, 0.4) is 0 Å². The normalized spacial score (nSPS) is 12.0. The Morgan fingerprint density at radius 1 is 1.24 bits per heavy atom. The summed E-state index contributed by atoms with van der Waals surface area (Å²) in [6.45, 7) is 4.75. The molecule has 0 radical (unpaired) electrons. The molecule has 21 heavy (non-hydrogen) atoms. The van der Waals surface area contributed by atoms with E-state index in [0.29, 0.717) is 0 Å². The molecule has 116 valence electrons. The van der Waals surface area contributed by atoms with E-state index < -0.39 is 26.1 Å². The van der Waals surface area contributed by atoms with E-state index in [-0.39, 0.29) is 22.9 Å². The maximum absolute atomic E-state index is 12.0. The van der Waals surface area contributed by atoms with Crippen molar-refractivity contribution in [2.75, 3.05) is 12.4 Å². The Balaban J connectivity index is 2.70. The average molecular weight is 315 g/mol. The van der Waals surface area contributed by atoms with Gasteiger partial charge in [-0.15, -0.1) is 0 Å². The van der Waals surface area contributed by atoms with E-state index in [0.717, 1.165) is 12.1 Å². The van der Waals surface area contributed by atoms with Gasteiger partial charge in [0.15, 0.2) is 9.84 Å². The third kappa shape index (κ3) is 4.82. The quantitative estimate of drug-likeness (QED) is 0.467. The van der Waals surface area contributed by atoms with Crippen LogP contribution in [0.15, 0.2) is 29.2 Å². The van der Waals surface area contributed by atoms with Crippen molar-refractivity contribution < 1.29 is 22.9 Å². The summed E-state index contributed by atoms with van der Waals surface area (Å²) in [4.78, 5) is 21.4. The molecule has 1 rings (SSSR count). The largest absolute Gasteiger partial charge is 0.464 e. The molecule has 0 aromatic heterocycles. The number of nitro groups is 1. The summed E-state index contributed by atoms with van der Waals surface area (Å²) in [6.07, 6.45) is 0. The van der Waals surface area contributed by atoms with Crippen LogP contribution >= 0.6 is 0 Å².